The van der Waals surface area contributed by atoms with Crippen molar-refractivity contribution in [1.29, 1.82) is 0 Å². The SMILES string of the molecule is CCCN(CC)c1ccc(C(=O)N(C2CC2)C(C)C(=O)O)cc1. The molecule has 1 N–H and O–H groups in total. The number of carbonyl (C=O) groups excluding carboxylic acids is 1. The number of benzene rings is 1. The zero-order valence-electron chi connectivity index (χ0n) is 14.2. The summed E-state index contributed by atoms with van der Waals surface area (Å²) in [6.07, 6.45) is 2.85. The maximum Gasteiger partial charge on any atom is 0.326 e. The largest absolute Gasteiger partial charge is 0.480 e. The summed E-state index contributed by atoms with van der Waals surface area (Å²) in [5, 5.41) is 9.23. The summed E-state index contributed by atoms with van der Waals surface area (Å²) in [7, 11) is 0. The topological polar surface area (TPSA) is 60.9 Å². The Bertz CT molecular complexity index is 552. The molecule has 1 fully saturated rings. The predicted molar refractivity (Wildman–Crippen MR) is 90.9 cm³/mol. The van der Waals surface area contributed by atoms with Crippen LogP contribution in [0.25, 0.3) is 0 Å². The Balaban J connectivity index is 2.16. The second kappa shape index (κ2) is 7.49. The van der Waals surface area contributed by atoms with Crippen LogP contribution in [-0.2, 0) is 4.79 Å². The molecule has 5 nitrogen and oxygen atoms in total. The Morgan fingerprint density at radius 1 is 1.22 bits per heavy atom. The van der Waals surface area contributed by atoms with E-state index in [0.717, 1.165) is 38.0 Å². The van der Waals surface area contributed by atoms with Gasteiger partial charge in [-0.2, -0.15) is 0 Å². The lowest BCUT2D eigenvalue weighted by atomic mass is 10.1. The first-order valence-corrected chi connectivity index (χ1v) is 8.40. The van der Waals surface area contributed by atoms with E-state index in [4.69, 9.17) is 0 Å². The predicted octanol–water partition coefficient (Wildman–Crippen LogP) is 3.00. The van der Waals surface area contributed by atoms with E-state index in [-0.39, 0.29) is 11.9 Å². The molecule has 0 spiro atoms. The molecule has 126 valence electrons. The summed E-state index contributed by atoms with van der Waals surface area (Å²) in [6, 6.07) is 6.79. The first kappa shape index (κ1) is 17.3. The monoisotopic (exact) mass is 318 g/mol. The third-order valence-electron chi connectivity index (χ3n) is 4.30. The third kappa shape index (κ3) is 4.03. The smallest absolute Gasteiger partial charge is 0.326 e. The molecule has 1 amide bonds. The molecule has 1 aliphatic carbocycles. The molecule has 0 saturated heterocycles. The van der Waals surface area contributed by atoms with Crippen molar-refractivity contribution in [2.24, 2.45) is 0 Å². The van der Waals surface area contributed by atoms with E-state index in [1.54, 1.807) is 19.1 Å². The Hall–Kier alpha value is -2.04. The average Bonchev–Trinajstić information content (AvgIpc) is 3.37. The second-order valence-corrected chi connectivity index (χ2v) is 6.08. The van der Waals surface area contributed by atoms with E-state index < -0.39 is 12.0 Å². The van der Waals surface area contributed by atoms with Crippen LogP contribution in [0.15, 0.2) is 24.3 Å². The number of amides is 1. The van der Waals surface area contributed by atoms with Crippen molar-refractivity contribution in [2.75, 3.05) is 18.0 Å². The first-order valence-electron chi connectivity index (χ1n) is 8.40. The second-order valence-electron chi connectivity index (χ2n) is 6.08. The number of carboxylic acids is 1. The average molecular weight is 318 g/mol. The van der Waals surface area contributed by atoms with E-state index >= 15 is 0 Å². The van der Waals surface area contributed by atoms with Crippen molar-refractivity contribution >= 4 is 17.6 Å². The van der Waals surface area contributed by atoms with Gasteiger partial charge in [-0.05, 0) is 57.4 Å². The quantitative estimate of drug-likeness (QED) is 0.800. The van der Waals surface area contributed by atoms with Gasteiger partial charge in [-0.1, -0.05) is 6.92 Å². The number of carbonyl (C=O) groups is 2. The molecule has 1 atom stereocenters. The molecule has 0 bridgehead atoms. The minimum absolute atomic E-state index is 0.0699. The van der Waals surface area contributed by atoms with Crippen LogP contribution < -0.4 is 4.90 Å². The van der Waals surface area contributed by atoms with Crippen LogP contribution in [0.3, 0.4) is 0 Å². The Morgan fingerprint density at radius 2 is 1.83 bits per heavy atom. The zero-order valence-corrected chi connectivity index (χ0v) is 14.2. The van der Waals surface area contributed by atoms with Crippen LogP contribution in [0.5, 0.6) is 0 Å². The highest BCUT2D eigenvalue weighted by Gasteiger charge is 2.38. The molecule has 0 aromatic heterocycles. The van der Waals surface area contributed by atoms with E-state index in [0.29, 0.717) is 5.56 Å². The molecule has 0 heterocycles. The van der Waals surface area contributed by atoms with Crippen molar-refractivity contribution in [1.82, 2.24) is 4.90 Å². The Labute approximate surface area is 137 Å². The molecule has 0 radical (unpaired) electrons. The highest BCUT2D eigenvalue weighted by atomic mass is 16.4. The zero-order chi connectivity index (χ0) is 17.0. The highest BCUT2D eigenvalue weighted by molar-refractivity contribution is 5.97. The number of nitrogens with zero attached hydrogens (tertiary/aromatic N) is 2. The van der Waals surface area contributed by atoms with Crippen molar-refractivity contribution in [2.45, 2.75) is 52.1 Å². The Kier molecular flexibility index (Phi) is 5.64. The maximum absolute atomic E-state index is 12.7. The number of anilines is 1. The summed E-state index contributed by atoms with van der Waals surface area (Å²) < 4.78 is 0. The van der Waals surface area contributed by atoms with Crippen LogP contribution in [0.1, 0.15) is 50.4 Å². The molecular weight excluding hydrogens is 292 g/mol. The van der Waals surface area contributed by atoms with Gasteiger partial charge in [-0.15, -0.1) is 0 Å². The molecule has 1 aromatic carbocycles. The summed E-state index contributed by atoms with van der Waals surface area (Å²) in [6.45, 7) is 7.73. The van der Waals surface area contributed by atoms with Crippen LogP contribution in [-0.4, -0.2) is 47.1 Å². The lowest BCUT2D eigenvalue weighted by molar-refractivity contribution is -0.141. The molecule has 1 unspecified atom stereocenters. The number of hydrogen-bond acceptors (Lipinski definition) is 3. The molecule has 1 aromatic rings. The van der Waals surface area contributed by atoms with Crippen molar-refractivity contribution < 1.29 is 14.7 Å². The van der Waals surface area contributed by atoms with Gasteiger partial charge in [0.05, 0.1) is 0 Å². The number of hydrogen-bond donors (Lipinski definition) is 1. The molecule has 2 rings (SSSR count). The molecule has 0 aliphatic heterocycles. The first-order chi connectivity index (χ1) is 11.0. The van der Waals surface area contributed by atoms with Gasteiger partial charge >= 0.3 is 5.97 Å². The van der Waals surface area contributed by atoms with Gasteiger partial charge in [0.1, 0.15) is 6.04 Å². The maximum atomic E-state index is 12.7. The van der Waals surface area contributed by atoms with Gasteiger partial charge in [0.15, 0.2) is 0 Å². The minimum Gasteiger partial charge on any atom is -0.480 e. The fourth-order valence-electron chi connectivity index (χ4n) is 2.83. The minimum atomic E-state index is -0.957. The summed E-state index contributed by atoms with van der Waals surface area (Å²) in [4.78, 5) is 27.7. The fraction of sp³-hybridized carbons (Fsp3) is 0.556. The number of aliphatic carboxylic acids is 1. The summed E-state index contributed by atoms with van der Waals surface area (Å²) in [5.74, 6) is -1.14. The lowest BCUT2D eigenvalue weighted by Gasteiger charge is -2.27. The van der Waals surface area contributed by atoms with Gasteiger partial charge < -0.3 is 14.9 Å². The molecule has 1 aliphatic rings. The molecule has 23 heavy (non-hydrogen) atoms. The van der Waals surface area contributed by atoms with Gasteiger partial charge in [0.25, 0.3) is 5.91 Å². The van der Waals surface area contributed by atoms with Crippen LogP contribution >= 0.6 is 0 Å². The van der Waals surface area contributed by atoms with Crippen molar-refractivity contribution in [3.8, 4) is 0 Å². The van der Waals surface area contributed by atoms with Gasteiger partial charge in [-0.25, -0.2) is 4.79 Å². The van der Waals surface area contributed by atoms with Gasteiger partial charge in [-0.3, -0.25) is 4.79 Å². The van der Waals surface area contributed by atoms with Crippen LogP contribution in [0, 0.1) is 0 Å². The van der Waals surface area contributed by atoms with Crippen LogP contribution in [0.2, 0.25) is 0 Å². The standard InChI is InChI=1S/C18H26N2O3/c1-4-12-19(5-2)15-8-6-14(7-9-15)17(21)20(16-10-11-16)13(3)18(22)23/h6-9,13,16H,4-5,10-12H2,1-3H3,(H,22,23). The summed E-state index contributed by atoms with van der Waals surface area (Å²) in [5.41, 5.74) is 1.65. The normalized spacial score (nSPS) is 15.1. The summed E-state index contributed by atoms with van der Waals surface area (Å²) >= 11 is 0. The van der Waals surface area contributed by atoms with E-state index in [2.05, 4.69) is 18.7 Å². The fourth-order valence-corrected chi connectivity index (χ4v) is 2.83. The third-order valence-corrected chi connectivity index (χ3v) is 4.30. The van der Waals surface area contributed by atoms with Crippen molar-refractivity contribution in [3.05, 3.63) is 29.8 Å². The Morgan fingerprint density at radius 3 is 2.26 bits per heavy atom. The van der Waals surface area contributed by atoms with E-state index in [9.17, 15) is 14.7 Å². The van der Waals surface area contributed by atoms with Crippen molar-refractivity contribution in [3.63, 3.8) is 0 Å². The van der Waals surface area contributed by atoms with Crippen LogP contribution in [0.4, 0.5) is 5.69 Å². The van der Waals surface area contributed by atoms with Gasteiger partial charge in [0.2, 0.25) is 0 Å². The molecule has 5 heteroatoms. The van der Waals surface area contributed by atoms with E-state index in [1.165, 1.54) is 4.90 Å². The lowest BCUT2D eigenvalue weighted by Crippen LogP contribution is -2.44. The number of carboxylic acid groups (broad SMARTS) is 1. The van der Waals surface area contributed by atoms with Gasteiger partial charge in [0, 0.05) is 30.4 Å². The molecular formula is C18H26N2O3. The van der Waals surface area contributed by atoms with E-state index in [1.807, 2.05) is 12.1 Å². The highest BCUT2D eigenvalue weighted by Crippen LogP contribution is 2.30. The number of rotatable bonds is 8. The molecule has 1 saturated carbocycles.